The van der Waals surface area contributed by atoms with E-state index >= 15 is 0 Å². The molecule has 1 amide bonds. The maximum Gasteiger partial charge on any atom is 0.258 e. The summed E-state index contributed by atoms with van der Waals surface area (Å²) in [6.07, 6.45) is 0. The van der Waals surface area contributed by atoms with Crippen LogP contribution in [0.3, 0.4) is 0 Å². The molecular formula is C13H18FNO3. The van der Waals surface area contributed by atoms with Crippen molar-refractivity contribution in [3.8, 4) is 5.75 Å². The molecule has 0 aliphatic heterocycles. The molecule has 18 heavy (non-hydrogen) atoms. The second-order valence-electron chi connectivity index (χ2n) is 4.32. The van der Waals surface area contributed by atoms with Crippen LogP contribution in [0.2, 0.25) is 0 Å². The minimum absolute atomic E-state index is 0.0525. The van der Waals surface area contributed by atoms with E-state index in [1.54, 1.807) is 0 Å². The predicted octanol–water partition coefficient (Wildman–Crippen LogP) is 1.58. The van der Waals surface area contributed by atoms with Gasteiger partial charge in [0, 0.05) is 0 Å². The van der Waals surface area contributed by atoms with Gasteiger partial charge in [0.2, 0.25) is 0 Å². The molecule has 0 aliphatic carbocycles. The second-order valence-corrected chi connectivity index (χ2v) is 4.32. The molecule has 5 heteroatoms. The normalized spacial score (nSPS) is 12.3. The van der Waals surface area contributed by atoms with Crippen molar-refractivity contribution < 1.29 is 19.0 Å². The first-order valence-corrected chi connectivity index (χ1v) is 5.75. The van der Waals surface area contributed by atoms with Crippen LogP contribution in [0, 0.1) is 11.7 Å². The number of rotatable bonds is 5. The number of aliphatic hydroxyl groups is 1. The number of nitrogens with one attached hydrogen (secondary N) is 1. The summed E-state index contributed by atoms with van der Waals surface area (Å²) in [6.45, 7) is 3.53. The Bertz CT molecular complexity index is 421. The fourth-order valence-electron chi connectivity index (χ4n) is 1.56. The summed E-state index contributed by atoms with van der Waals surface area (Å²) in [7, 11) is 1.37. The molecule has 100 valence electrons. The first-order chi connectivity index (χ1) is 8.51. The lowest BCUT2D eigenvalue weighted by atomic mass is 10.0. The van der Waals surface area contributed by atoms with Gasteiger partial charge in [-0.2, -0.15) is 0 Å². The van der Waals surface area contributed by atoms with Gasteiger partial charge in [-0.15, -0.1) is 0 Å². The van der Waals surface area contributed by atoms with E-state index in [4.69, 9.17) is 9.84 Å². The Morgan fingerprint density at radius 3 is 2.67 bits per heavy atom. The van der Waals surface area contributed by atoms with Gasteiger partial charge < -0.3 is 15.2 Å². The smallest absolute Gasteiger partial charge is 0.258 e. The van der Waals surface area contributed by atoms with E-state index in [1.165, 1.54) is 25.3 Å². The molecule has 0 saturated heterocycles. The number of ether oxygens (including phenoxy) is 1. The van der Waals surface area contributed by atoms with Crippen LogP contribution < -0.4 is 10.1 Å². The monoisotopic (exact) mass is 255 g/mol. The maximum absolute atomic E-state index is 13.6. The van der Waals surface area contributed by atoms with E-state index < -0.39 is 17.8 Å². The number of carbonyl (C=O) groups excluding carboxylic acids is 1. The molecule has 0 spiro atoms. The quantitative estimate of drug-likeness (QED) is 0.840. The minimum Gasteiger partial charge on any atom is -0.496 e. The number of halogens is 1. The summed E-state index contributed by atoms with van der Waals surface area (Å²) in [5.41, 5.74) is -0.140. The Morgan fingerprint density at radius 1 is 1.50 bits per heavy atom. The highest BCUT2D eigenvalue weighted by molar-refractivity contribution is 5.97. The van der Waals surface area contributed by atoms with E-state index in [0.29, 0.717) is 0 Å². The highest BCUT2D eigenvalue weighted by atomic mass is 19.1. The van der Waals surface area contributed by atoms with Crippen LogP contribution in [0.25, 0.3) is 0 Å². The third kappa shape index (κ3) is 3.20. The minimum atomic E-state index is -0.646. The number of carbonyl (C=O) groups is 1. The molecule has 0 fully saturated rings. The van der Waals surface area contributed by atoms with Crippen LogP contribution in [0.4, 0.5) is 4.39 Å². The fraction of sp³-hybridized carbons (Fsp3) is 0.462. The third-order valence-corrected chi connectivity index (χ3v) is 2.74. The van der Waals surface area contributed by atoms with E-state index in [1.807, 2.05) is 13.8 Å². The van der Waals surface area contributed by atoms with E-state index in [0.717, 1.165) is 0 Å². The van der Waals surface area contributed by atoms with Crippen molar-refractivity contribution in [3.05, 3.63) is 29.6 Å². The number of hydrogen-bond donors (Lipinski definition) is 2. The Morgan fingerprint density at radius 2 is 2.17 bits per heavy atom. The molecule has 1 atom stereocenters. The first-order valence-electron chi connectivity index (χ1n) is 5.75. The summed E-state index contributed by atoms with van der Waals surface area (Å²) in [5.74, 6) is -1.00. The van der Waals surface area contributed by atoms with Gasteiger partial charge in [0.1, 0.15) is 17.1 Å². The van der Waals surface area contributed by atoms with Crippen LogP contribution >= 0.6 is 0 Å². The summed E-state index contributed by atoms with van der Waals surface area (Å²) in [5, 5.41) is 11.7. The zero-order valence-electron chi connectivity index (χ0n) is 10.7. The molecule has 4 nitrogen and oxygen atoms in total. The number of benzene rings is 1. The lowest BCUT2D eigenvalue weighted by molar-refractivity contribution is 0.0889. The van der Waals surface area contributed by atoms with Crippen LogP contribution in [0.15, 0.2) is 18.2 Å². The SMILES string of the molecule is COc1cccc(F)c1C(=O)NC(CO)C(C)C. The molecular weight excluding hydrogens is 237 g/mol. The molecule has 0 bridgehead atoms. The van der Waals surface area contributed by atoms with Crippen molar-refractivity contribution in [1.29, 1.82) is 0 Å². The van der Waals surface area contributed by atoms with Crippen molar-refractivity contribution in [2.24, 2.45) is 5.92 Å². The average Bonchev–Trinajstić information content (AvgIpc) is 2.34. The van der Waals surface area contributed by atoms with E-state index in [9.17, 15) is 9.18 Å². The molecule has 1 aromatic rings. The average molecular weight is 255 g/mol. The van der Waals surface area contributed by atoms with E-state index in [2.05, 4.69) is 5.32 Å². The van der Waals surface area contributed by atoms with Gasteiger partial charge in [-0.3, -0.25) is 4.79 Å². The molecule has 1 unspecified atom stereocenters. The first kappa shape index (κ1) is 14.4. The van der Waals surface area contributed by atoms with Crippen LogP contribution in [-0.2, 0) is 0 Å². The van der Waals surface area contributed by atoms with Crippen molar-refractivity contribution in [2.45, 2.75) is 19.9 Å². The zero-order valence-corrected chi connectivity index (χ0v) is 10.7. The van der Waals surface area contributed by atoms with Gasteiger partial charge in [0.05, 0.1) is 19.8 Å². The number of aliphatic hydroxyl groups excluding tert-OH is 1. The summed E-state index contributed by atoms with van der Waals surface area (Å²) in [4.78, 5) is 12.0. The Kier molecular flexibility index (Phi) is 5.09. The van der Waals surface area contributed by atoms with Crippen molar-refractivity contribution in [3.63, 3.8) is 0 Å². The van der Waals surface area contributed by atoms with Crippen LogP contribution in [0.1, 0.15) is 24.2 Å². The predicted molar refractivity (Wildman–Crippen MR) is 66.1 cm³/mol. The standard InChI is InChI=1S/C13H18FNO3/c1-8(2)10(7-16)15-13(17)12-9(14)5-4-6-11(12)18-3/h4-6,8,10,16H,7H2,1-3H3,(H,15,17). The van der Waals surface area contributed by atoms with Gasteiger partial charge >= 0.3 is 0 Å². The Balaban J connectivity index is 2.97. The molecule has 0 saturated carbocycles. The van der Waals surface area contributed by atoms with Gasteiger partial charge in [-0.05, 0) is 18.1 Å². The second kappa shape index (κ2) is 6.35. The topological polar surface area (TPSA) is 58.6 Å². The maximum atomic E-state index is 13.6. The van der Waals surface area contributed by atoms with E-state index in [-0.39, 0.29) is 23.8 Å². The summed E-state index contributed by atoms with van der Waals surface area (Å²) < 4.78 is 18.6. The number of methoxy groups -OCH3 is 1. The van der Waals surface area contributed by atoms with Gasteiger partial charge in [0.15, 0.2) is 0 Å². The summed E-state index contributed by atoms with van der Waals surface area (Å²) >= 11 is 0. The van der Waals surface area contributed by atoms with Crippen LogP contribution in [-0.4, -0.2) is 30.8 Å². The fourth-order valence-corrected chi connectivity index (χ4v) is 1.56. The Hall–Kier alpha value is -1.62. The molecule has 1 aromatic carbocycles. The molecule has 0 heterocycles. The molecule has 0 aliphatic rings. The third-order valence-electron chi connectivity index (χ3n) is 2.74. The van der Waals surface area contributed by atoms with Gasteiger partial charge in [-0.1, -0.05) is 19.9 Å². The van der Waals surface area contributed by atoms with Gasteiger partial charge in [-0.25, -0.2) is 4.39 Å². The highest BCUT2D eigenvalue weighted by Gasteiger charge is 2.21. The largest absolute Gasteiger partial charge is 0.496 e. The van der Waals surface area contributed by atoms with Crippen LogP contribution in [0.5, 0.6) is 5.75 Å². The van der Waals surface area contributed by atoms with Crippen molar-refractivity contribution >= 4 is 5.91 Å². The molecule has 1 rings (SSSR count). The number of hydrogen-bond acceptors (Lipinski definition) is 3. The zero-order chi connectivity index (χ0) is 13.7. The lowest BCUT2D eigenvalue weighted by Crippen LogP contribution is -2.41. The Labute approximate surface area is 106 Å². The molecule has 0 radical (unpaired) electrons. The number of amides is 1. The molecule has 2 N–H and O–H groups in total. The van der Waals surface area contributed by atoms with Crippen molar-refractivity contribution in [2.75, 3.05) is 13.7 Å². The van der Waals surface area contributed by atoms with Crippen molar-refractivity contribution in [1.82, 2.24) is 5.32 Å². The molecule has 0 aromatic heterocycles. The summed E-state index contributed by atoms with van der Waals surface area (Å²) in [6, 6.07) is 3.76. The lowest BCUT2D eigenvalue weighted by Gasteiger charge is -2.20. The highest BCUT2D eigenvalue weighted by Crippen LogP contribution is 2.21. The van der Waals surface area contributed by atoms with Gasteiger partial charge in [0.25, 0.3) is 5.91 Å².